The minimum Gasteiger partial charge on any atom is -0.326 e. The monoisotopic (exact) mass is 365 g/mol. The van der Waals surface area contributed by atoms with E-state index in [1.54, 1.807) is 48.5 Å². The second-order valence-electron chi connectivity index (χ2n) is 6.36. The van der Waals surface area contributed by atoms with Crippen LogP contribution < -0.4 is 16.0 Å². The summed E-state index contributed by atoms with van der Waals surface area (Å²) >= 11 is 0. The molecule has 1 saturated heterocycles. The maximum absolute atomic E-state index is 12.4. The third-order valence-corrected chi connectivity index (χ3v) is 4.51. The predicted molar refractivity (Wildman–Crippen MR) is 99.1 cm³/mol. The van der Waals surface area contributed by atoms with Crippen LogP contribution >= 0.6 is 0 Å². The zero-order valence-electron chi connectivity index (χ0n) is 14.7. The second-order valence-corrected chi connectivity index (χ2v) is 6.36. The number of urea groups is 1. The Kier molecular flexibility index (Phi) is 5.03. The average Bonchev–Trinajstić information content (AvgIpc) is 2.95. The molecule has 0 saturated carbocycles. The van der Waals surface area contributed by atoms with E-state index < -0.39 is 17.5 Å². The summed E-state index contributed by atoms with van der Waals surface area (Å²) in [5.41, 5.74) is 0.459. The quantitative estimate of drug-likeness (QED) is 0.540. The molecule has 1 aliphatic rings. The number of amides is 4. The molecular weight excluding hydrogens is 346 g/mol. The maximum Gasteiger partial charge on any atom is 0.322 e. The van der Waals surface area contributed by atoms with Crippen molar-refractivity contribution in [1.82, 2.24) is 10.6 Å². The van der Waals surface area contributed by atoms with Gasteiger partial charge in [-0.3, -0.25) is 19.7 Å². The molecule has 3 N–H and O–H groups in total. The van der Waals surface area contributed by atoms with Crippen LogP contribution in [0.1, 0.15) is 35.7 Å². The van der Waals surface area contributed by atoms with Crippen molar-refractivity contribution in [3.05, 3.63) is 65.7 Å². The molecule has 1 atom stereocenters. The Morgan fingerprint density at radius 1 is 1.00 bits per heavy atom. The zero-order chi connectivity index (χ0) is 19.4. The number of imide groups is 1. The first-order valence-corrected chi connectivity index (χ1v) is 8.51. The first kappa shape index (κ1) is 18.3. The van der Waals surface area contributed by atoms with Crippen molar-refractivity contribution >= 4 is 29.3 Å². The highest BCUT2D eigenvalue weighted by molar-refractivity contribution is 6.07. The minimum absolute atomic E-state index is 0.0249. The molecule has 0 radical (unpaired) electrons. The fourth-order valence-corrected chi connectivity index (χ4v) is 3.05. The lowest BCUT2D eigenvalue weighted by Crippen LogP contribution is -2.44. The predicted octanol–water partition coefficient (Wildman–Crippen LogP) is 2.34. The summed E-state index contributed by atoms with van der Waals surface area (Å²) in [6.45, 7) is 1.47. The maximum atomic E-state index is 12.4. The molecule has 0 spiro atoms. The molecule has 1 heterocycles. The lowest BCUT2D eigenvalue weighted by atomic mass is 9.85. The van der Waals surface area contributed by atoms with Crippen LogP contribution in [-0.4, -0.2) is 23.6 Å². The number of carbonyl (C=O) groups is 4. The van der Waals surface area contributed by atoms with E-state index in [0.717, 1.165) is 0 Å². The average molecular weight is 365 g/mol. The number of hydrogen-bond donors (Lipinski definition) is 3. The van der Waals surface area contributed by atoms with E-state index in [1.807, 2.05) is 6.07 Å². The lowest BCUT2D eigenvalue weighted by molar-refractivity contribution is -0.125. The molecule has 7 nitrogen and oxygen atoms in total. The summed E-state index contributed by atoms with van der Waals surface area (Å²) in [5.74, 6) is -0.826. The second kappa shape index (κ2) is 7.41. The molecule has 138 valence electrons. The van der Waals surface area contributed by atoms with Crippen molar-refractivity contribution in [3.63, 3.8) is 0 Å². The van der Waals surface area contributed by atoms with Crippen molar-refractivity contribution in [2.24, 2.45) is 0 Å². The Morgan fingerprint density at radius 2 is 1.67 bits per heavy atom. The van der Waals surface area contributed by atoms with Gasteiger partial charge in [0.25, 0.3) is 5.91 Å². The van der Waals surface area contributed by atoms with E-state index >= 15 is 0 Å². The number of carbonyl (C=O) groups excluding carboxylic acids is 4. The SMILES string of the molecule is CC(=O)c1ccc(NC(=O)CCC2(c3ccccc3)NC(=O)NC2=O)cc1. The third-order valence-electron chi connectivity index (χ3n) is 4.51. The van der Waals surface area contributed by atoms with E-state index in [4.69, 9.17) is 0 Å². The van der Waals surface area contributed by atoms with Gasteiger partial charge in [0.2, 0.25) is 5.91 Å². The highest BCUT2D eigenvalue weighted by Crippen LogP contribution is 2.30. The summed E-state index contributed by atoms with van der Waals surface area (Å²) in [6, 6.07) is 14.8. The van der Waals surface area contributed by atoms with Gasteiger partial charge in [0, 0.05) is 17.7 Å². The van der Waals surface area contributed by atoms with Crippen molar-refractivity contribution < 1.29 is 19.2 Å². The molecule has 1 fully saturated rings. The van der Waals surface area contributed by atoms with Gasteiger partial charge in [-0.1, -0.05) is 30.3 Å². The number of benzene rings is 2. The Hall–Kier alpha value is -3.48. The number of anilines is 1. The third kappa shape index (κ3) is 3.87. The fourth-order valence-electron chi connectivity index (χ4n) is 3.05. The van der Waals surface area contributed by atoms with Crippen LogP contribution in [0.3, 0.4) is 0 Å². The van der Waals surface area contributed by atoms with Crippen LogP contribution in [0.4, 0.5) is 10.5 Å². The molecule has 0 aromatic heterocycles. The van der Waals surface area contributed by atoms with Gasteiger partial charge in [-0.05, 0) is 43.2 Å². The van der Waals surface area contributed by atoms with Crippen LogP contribution in [0.5, 0.6) is 0 Å². The molecule has 3 rings (SSSR count). The van der Waals surface area contributed by atoms with E-state index in [1.165, 1.54) is 6.92 Å². The first-order valence-electron chi connectivity index (χ1n) is 8.51. The molecule has 2 aromatic carbocycles. The van der Waals surface area contributed by atoms with Gasteiger partial charge >= 0.3 is 6.03 Å². The van der Waals surface area contributed by atoms with E-state index in [0.29, 0.717) is 16.8 Å². The molecule has 1 aliphatic heterocycles. The standard InChI is InChI=1S/C20H19N3O4/c1-13(24)14-7-9-16(10-8-14)21-17(25)11-12-20(15-5-3-2-4-6-15)18(26)22-19(27)23-20/h2-10H,11-12H2,1H3,(H,21,25)(H2,22,23,26,27). The van der Waals surface area contributed by atoms with Gasteiger partial charge in [0.15, 0.2) is 5.78 Å². The number of Topliss-reactive ketones (excluding diaryl/α,β-unsaturated/α-hetero) is 1. The fraction of sp³-hybridized carbons (Fsp3) is 0.200. The van der Waals surface area contributed by atoms with E-state index in [-0.39, 0.29) is 24.5 Å². The molecule has 1 unspecified atom stereocenters. The Morgan fingerprint density at radius 3 is 2.22 bits per heavy atom. The van der Waals surface area contributed by atoms with Crippen LogP contribution in [-0.2, 0) is 15.1 Å². The van der Waals surface area contributed by atoms with Gasteiger partial charge in [0.1, 0.15) is 5.54 Å². The summed E-state index contributed by atoms with van der Waals surface area (Å²) < 4.78 is 0. The molecule has 4 amide bonds. The Labute approximate surface area is 156 Å². The van der Waals surface area contributed by atoms with Gasteiger partial charge in [-0.15, -0.1) is 0 Å². The van der Waals surface area contributed by atoms with E-state index in [2.05, 4.69) is 16.0 Å². The van der Waals surface area contributed by atoms with Gasteiger partial charge in [-0.2, -0.15) is 0 Å². The smallest absolute Gasteiger partial charge is 0.322 e. The van der Waals surface area contributed by atoms with Crippen molar-refractivity contribution in [2.75, 3.05) is 5.32 Å². The molecule has 2 aromatic rings. The number of hydrogen-bond acceptors (Lipinski definition) is 4. The van der Waals surface area contributed by atoms with Gasteiger partial charge < -0.3 is 10.6 Å². The van der Waals surface area contributed by atoms with Crippen molar-refractivity contribution in [1.29, 1.82) is 0 Å². The largest absolute Gasteiger partial charge is 0.326 e. The molecular formula is C20H19N3O4. The molecule has 27 heavy (non-hydrogen) atoms. The van der Waals surface area contributed by atoms with Crippen molar-refractivity contribution in [2.45, 2.75) is 25.3 Å². The molecule has 0 bridgehead atoms. The van der Waals surface area contributed by atoms with Crippen LogP contribution in [0.15, 0.2) is 54.6 Å². The summed E-state index contributed by atoms with van der Waals surface area (Å²) in [6.07, 6.45) is 0.142. The summed E-state index contributed by atoms with van der Waals surface area (Å²) in [4.78, 5) is 47.7. The molecule has 7 heteroatoms. The van der Waals surface area contributed by atoms with Gasteiger partial charge in [-0.25, -0.2) is 4.79 Å². The minimum atomic E-state index is -1.27. The molecule has 0 aliphatic carbocycles. The highest BCUT2D eigenvalue weighted by atomic mass is 16.2. The summed E-state index contributed by atoms with van der Waals surface area (Å²) in [7, 11) is 0. The lowest BCUT2D eigenvalue weighted by Gasteiger charge is -2.26. The summed E-state index contributed by atoms with van der Waals surface area (Å²) in [5, 5.41) is 7.63. The van der Waals surface area contributed by atoms with Crippen LogP contribution in [0.2, 0.25) is 0 Å². The van der Waals surface area contributed by atoms with Gasteiger partial charge in [0.05, 0.1) is 0 Å². The van der Waals surface area contributed by atoms with Crippen molar-refractivity contribution in [3.8, 4) is 0 Å². The topological polar surface area (TPSA) is 104 Å². The van der Waals surface area contributed by atoms with E-state index in [9.17, 15) is 19.2 Å². The number of ketones is 1. The Bertz CT molecular complexity index is 893. The van der Waals surface area contributed by atoms with Crippen LogP contribution in [0.25, 0.3) is 0 Å². The number of rotatable bonds is 6. The normalized spacial score (nSPS) is 18.6. The highest BCUT2D eigenvalue weighted by Gasteiger charge is 2.47. The number of nitrogens with one attached hydrogen (secondary N) is 3. The zero-order valence-corrected chi connectivity index (χ0v) is 14.7. The first-order chi connectivity index (χ1) is 12.9. The Balaban J connectivity index is 1.70. The van der Waals surface area contributed by atoms with Crippen LogP contribution in [0, 0.1) is 0 Å².